The van der Waals surface area contributed by atoms with Gasteiger partial charge in [-0.1, -0.05) is 29.3 Å². The van der Waals surface area contributed by atoms with Gasteiger partial charge in [0.25, 0.3) is 0 Å². The van der Waals surface area contributed by atoms with E-state index >= 15 is 0 Å². The van der Waals surface area contributed by atoms with Crippen LogP contribution >= 0.6 is 23.2 Å². The third-order valence-corrected chi connectivity index (χ3v) is 3.23. The van der Waals surface area contributed by atoms with Gasteiger partial charge in [-0.15, -0.1) is 0 Å². The van der Waals surface area contributed by atoms with E-state index in [1.54, 1.807) is 30.3 Å². The van der Waals surface area contributed by atoms with Gasteiger partial charge in [0.1, 0.15) is 0 Å². The average molecular weight is 296 g/mol. The van der Waals surface area contributed by atoms with E-state index in [-0.39, 0.29) is 5.78 Å². The highest BCUT2D eigenvalue weighted by Crippen LogP contribution is 2.30. The monoisotopic (exact) mass is 295 g/mol. The Morgan fingerprint density at radius 1 is 1.16 bits per heavy atom. The van der Waals surface area contributed by atoms with Gasteiger partial charge in [0.15, 0.2) is 11.5 Å². The topological polar surface area (TPSA) is 52.3 Å². The fraction of sp³-hybridized carbons (Fsp3) is 0.0714. The lowest BCUT2D eigenvalue weighted by molar-refractivity contribution is 0.103. The van der Waals surface area contributed by atoms with Crippen LogP contribution in [0, 0.1) is 0 Å². The van der Waals surface area contributed by atoms with Gasteiger partial charge in [-0.2, -0.15) is 0 Å². The number of para-hydroxylation sites is 1. The predicted octanol–water partition coefficient (Wildman–Crippen LogP) is 3.82. The fourth-order valence-corrected chi connectivity index (χ4v) is 2.15. The van der Waals surface area contributed by atoms with Crippen LogP contribution in [-0.4, -0.2) is 12.9 Å². The molecule has 0 saturated heterocycles. The largest absolute Gasteiger partial charge is 0.494 e. The van der Waals surface area contributed by atoms with Crippen molar-refractivity contribution in [3.63, 3.8) is 0 Å². The predicted molar refractivity (Wildman–Crippen MR) is 77.3 cm³/mol. The quantitative estimate of drug-likeness (QED) is 0.692. The minimum absolute atomic E-state index is 0.281. The SMILES string of the molecule is COc1c(N)cccc1C(=O)c1cc(Cl)ccc1Cl. The Bertz CT molecular complexity index is 641. The molecule has 2 aromatic carbocycles. The number of halogens is 2. The first-order valence-electron chi connectivity index (χ1n) is 5.47. The maximum Gasteiger partial charge on any atom is 0.198 e. The van der Waals surface area contributed by atoms with Crippen LogP contribution in [0.4, 0.5) is 5.69 Å². The lowest BCUT2D eigenvalue weighted by Crippen LogP contribution is -2.06. The van der Waals surface area contributed by atoms with Crippen LogP contribution in [0.2, 0.25) is 10.0 Å². The Morgan fingerprint density at radius 2 is 1.89 bits per heavy atom. The Morgan fingerprint density at radius 3 is 2.58 bits per heavy atom. The van der Waals surface area contributed by atoms with Gasteiger partial charge in [0.05, 0.1) is 23.4 Å². The summed E-state index contributed by atoms with van der Waals surface area (Å²) in [5, 5.41) is 0.773. The van der Waals surface area contributed by atoms with Crippen molar-refractivity contribution in [3.8, 4) is 5.75 Å². The molecule has 0 fully saturated rings. The number of benzene rings is 2. The molecule has 2 aromatic rings. The van der Waals surface area contributed by atoms with Crippen molar-refractivity contribution in [2.24, 2.45) is 0 Å². The van der Waals surface area contributed by atoms with Gasteiger partial charge >= 0.3 is 0 Å². The zero-order valence-electron chi connectivity index (χ0n) is 10.1. The maximum absolute atomic E-state index is 12.5. The van der Waals surface area contributed by atoms with Crippen molar-refractivity contribution in [2.45, 2.75) is 0 Å². The van der Waals surface area contributed by atoms with Crippen LogP contribution in [0.1, 0.15) is 15.9 Å². The third kappa shape index (κ3) is 2.67. The number of rotatable bonds is 3. The highest BCUT2D eigenvalue weighted by atomic mass is 35.5. The first-order valence-corrected chi connectivity index (χ1v) is 6.22. The number of nitrogen functional groups attached to an aromatic ring is 1. The Labute approximate surface area is 120 Å². The minimum Gasteiger partial charge on any atom is -0.494 e. The van der Waals surface area contributed by atoms with Gasteiger partial charge in [0, 0.05) is 10.6 Å². The van der Waals surface area contributed by atoms with Crippen molar-refractivity contribution in [1.82, 2.24) is 0 Å². The molecule has 0 atom stereocenters. The Balaban J connectivity index is 2.56. The summed E-state index contributed by atoms with van der Waals surface area (Å²) >= 11 is 11.9. The number of ketones is 1. The standard InChI is InChI=1S/C14H11Cl2NO2/c1-19-14-9(3-2-4-12(14)17)13(18)10-7-8(15)5-6-11(10)16/h2-7H,17H2,1H3. The van der Waals surface area contributed by atoms with Gasteiger partial charge in [-0.25, -0.2) is 0 Å². The second-order valence-corrected chi connectivity index (χ2v) is 4.72. The maximum atomic E-state index is 12.5. The highest BCUT2D eigenvalue weighted by molar-refractivity contribution is 6.37. The lowest BCUT2D eigenvalue weighted by atomic mass is 10.0. The van der Waals surface area contributed by atoms with E-state index in [0.29, 0.717) is 32.6 Å². The molecular formula is C14H11Cl2NO2. The van der Waals surface area contributed by atoms with E-state index in [9.17, 15) is 4.79 Å². The molecule has 0 saturated carbocycles. The van der Waals surface area contributed by atoms with E-state index < -0.39 is 0 Å². The first-order chi connectivity index (χ1) is 9.04. The second kappa shape index (κ2) is 5.51. The number of ether oxygens (including phenoxy) is 1. The summed E-state index contributed by atoms with van der Waals surface area (Å²) in [6.45, 7) is 0. The summed E-state index contributed by atoms with van der Waals surface area (Å²) in [6, 6.07) is 9.70. The van der Waals surface area contributed by atoms with E-state index in [4.69, 9.17) is 33.7 Å². The smallest absolute Gasteiger partial charge is 0.198 e. The van der Waals surface area contributed by atoms with Crippen molar-refractivity contribution >= 4 is 34.7 Å². The van der Waals surface area contributed by atoms with Crippen molar-refractivity contribution in [1.29, 1.82) is 0 Å². The van der Waals surface area contributed by atoms with Crippen molar-refractivity contribution < 1.29 is 9.53 Å². The molecule has 19 heavy (non-hydrogen) atoms. The summed E-state index contributed by atoms with van der Waals surface area (Å²) in [7, 11) is 1.46. The lowest BCUT2D eigenvalue weighted by Gasteiger charge is -2.11. The zero-order chi connectivity index (χ0) is 14.0. The van der Waals surface area contributed by atoms with E-state index in [1.807, 2.05) is 0 Å². The molecule has 5 heteroatoms. The molecule has 0 aromatic heterocycles. The molecule has 0 radical (unpaired) electrons. The molecule has 0 aliphatic carbocycles. The highest BCUT2D eigenvalue weighted by Gasteiger charge is 2.18. The van der Waals surface area contributed by atoms with E-state index in [2.05, 4.69) is 0 Å². The van der Waals surface area contributed by atoms with Gasteiger partial charge in [0.2, 0.25) is 0 Å². The summed E-state index contributed by atoms with van der Waals surface area (Å²) in [5.41, 5.74) is 6.85. The van der Waals surface area contributed by atoms with Gasteiger partial charge in [-0.3, -0.25) is 4.79 Å². The Kier molecular flexibility index (Phi) is 3.98. The molecule has 0 heterocycles. The fourth-order valence-electron chi connectivity index (χ4n) is 1.78. The number of nitrogens with two attached hydrogens (primary N) is 1. The summed E-state index contributed by atoms with van der Waals surface area (Å²) in [5.74, 6) is 0.0557. The summed E-state index contributed by atoms with van der Waals surface area (Å²) in [4.78, 5) is 12.5. The molecular weight excluding hydrogens is 285 g/mol. The molecule has 0 unspecified atom stereocenters. The third-order valence-electron chi connectivity index (χ3n) is 2.67. The van der Waals surface area contributed by atoms with Crippen LogP contribution in [0.3, 0.4) is 0 Å². The molecule has 0 amide bonds. The number of carbonyl (C=O) groups excluding carboxylic acids is 1. The summed E-state index contributed by atoms with van der Waals surface area (Å²) in [6.07, 6.45) is 0. The molecule has 0 aliphatic rings. The zero-order valence-corrected chi connectivity index (χ0v) is 11.6. The van der Waals surface area contributed by atoms with Crippen molar-refractivity contribution in [2.75, 3.05) is 12.8 Å². The molecule has 2 N–H and O–H groups in total. The normalized spacial score (nSPS) is 10.3. The summed E-state index contributed by atoms with van der Waals surface area (Å²) < 4.78 is 5.17. The molecule has 0 aliphatic heterocycles. The van der Waals surface area contributed by atoms with Gasteiger partial charge < -0.3 is 10.5 Å². The minimum atomic E-state index is -0.281. The van der Waals surface area contributed by atoms with Crippen LogP contribution in [0.15, 0.2) is 36.4 Å². The second-order valence-electron chi connectivity index (χ2n) is 3.88. The van der Waals surface area contributed by atoms with Crippen LogP contribution < -0.4 is 10.5 Å². The number of hydrogen-bond donors (Lipinski definition) is 1. The van der Waals surface area contributed by atoms with Crippen LogP contribution in [0.25, 0.3) is 0 Å². The van der Waals surface area contributed by atoms with Gasteiger partial charge in [-0.05, 0) is 30.3 Å². The Hall–Kier alpha value is -1.71. The molecule has 0 spiro atoms. The molecule has 98 valence electrons. The molecule has 2 rings (SSSR count). The number of methoxy groups -OCH3 is 1. The molecule has 3 nitrogen and oxygen atoms in total. The number of hydrogen-bond acceptors (Lipinski definition) is 3. The van der Waals surface area contributed by atoms with Crippen LogP contribution in [0.5, 0.6) is 5.75 Å². The van der Waals surface area contributed by atoms with E-state index in [1.165, 1.54) is 13.2 Å². The van der Waals surface area contributed by atoms with Crippen molar-refractivity contribution in [3.05, 3.63) is 57.6 Å². The number of carbonyl (C=O) groups is 1. The molecule has 0 bridgehead atoms. The first kappa shape index (κ1) is 13.7. The number of anilines is 1. The average Bonchev–Trinajstić information content (AvgIpc) is 2.40. The van der Waals surface area contributed by atoms with Crippen LogP contribution in [-0.2, 0) is 0 Å². The van der Waals surface area contributed by atoms with E-state index in [0.717, 1.165) is 0 Å².